The molecule has 1 N–H and O–H groups in total. The van der Waals surface area contributed by atoms with E-state index < -0.39 is 0 Å². The lowest BCUT2D eigenvalue weighted by molar-refractivity contribution is -0.383. The first-order valence-corrected chi connectivity index (χ1v) is 7.95. The lowest BCUT2D eigenvalue weighted by Crippen LogP contribution is -2.01. The molecular weight excluding hydrogens is 374 g/mol. The highest BCUT2D eigenvalue weighted by Crippen LogP contribution is 2.38. The predicted molar refractivity (Wildman–Crippen MR) is 97.1 cm³/mol. The number of non-ortho nitro benzene ring substituents is 1. The zero-order valence-electron chi connectivity index (χ0n) is 13.0. The number of halogens is 1. The molecule has 0 spiro atoms. The highest BCUT2D eigenvalue weighted by Gasteiger charge is 2.19. The summed E-state index contributed by atoms with van der Waals surface area (Å²) in [6, 6.07) is 12.4. The summed E-state index contributed by atoms with van der Waals surface area (Å²) in [5.74, 6) is 1.21. The third-order valence-corrected chi connectivity index (χ3v) is 4.64. The maximum Gasteiger partial charge on any atom is 0.278 e. The Bertz CT molecular complexity index is 944. The summed E-state index contributed by atoms with van der Waals surface area (Å²) in [6.45, 7) is 1.80. The van der Waals surface area contributed by atoms with Crippen molar-refractivity contribution >= 4 is 43.9 Å². The molecule has 3 rings (SSSR count). The van der Waals surface area contributed by atoms with Crippen LogP contribution >= 0.6 is 15.9 Å². The fourth-order valence-corrected chi connectivity index (χ4v) is 3.05. The van der Waals surface area contributed by atoms with Crippen LogP contribution in [0.5, 0.6) is 5.75 Å². The normalized spacial score (nSPS) is 10.6. The largest absolute Gasteiger partial charge is 0.495 e. The quantitative estimate of drug-likeness (QED) is 0.505. The van der Waals surface area contributed by atoms with Crippen LogP contribution in [0.4, 0.5) is 17.2 Å². The fraction of sp³-hybridized carbons (Fsp3) is 0.118. The van der Waals surface area contributed by atoms with Gasteiger partial charge in [-0.15, -0.1) is 0 Å². The minimum atomic E-state index is -0.389. The van der Waals surface area contributed by atoms with Crippen LogP contribution in [-0.4, -0.2) is 17.0 Å². The van der Waals surface area contributed by atoms with Crippen molar-refractivity contribution in [1.29, 1.82) is 0 Å². The van der Waals surface area contributed by atoms with Gasteiger partial charge in [0.1, 0.15) is 11.6 Å². The highest BCUT2D eigenvalue weighted by molar-refractivity contribution is 9.10. The number of aromatic nitrogens is 1. The average Bonchev–Trinajstić information content (AvgIpc) is 2.59. The van der Waals surface area contributed by atoms with Crippen LogP contribution in [0.25, 0.3) is 10.8 Å². The second kappa shape index (κ2) is 6.45. The molecule has 0 atom stereocenters. The van der Waals surface area contributed by atoms with E-state index in [1.807, 2.05) is 24.3 Å². The first-order chi connectivity index (χ1) is 11.5. The van der Waals surface area contributed by atoms with Crippen molar-refractivity contribution in [1.82, 2.24) is 4.98 Å². The Morgan fingerprint density at radius 1 is 1.21 bits per heavy atom. The van der Waals surface area contributed by atoms with E-state index in [9.17, 15) is 10.1 Å². The van der Waals surface area contributed by atoms with Gasteiger partial charge >= 0.3 is 0 Å². The number of benzene rings is 2. The van der Waals surface area contributed by atoms with Crippen molar-refractivity contribution < 1.29 is 9.66 Å². The number of nitrogens with zero attached hydrogens (tertiary/aromatic N) is 2. The summed E-state index contributed by atoms with van der Waals surface area (Å²) >= 11 is 3.43. The summed E-state index contributed by atoms with van der Waals surface area (Å²) < 4.78 is 5.96. The maximum absolute atomic E-state index is 11.4. The molecule has 0 radical (unpaired) electrons. The molecule has 0 amide bonds. The lowest BCUT2D eigenvalue weighted by Gasteiger charge is -2.14. The molecular formula is C17H14BrN3O3. The van der Waals surface area contributed by atoms with Crippen LogP contribution in [0.1, 0.15) is 5.69 Å². The van der Waals surface area contributed by atoms with Crippen LogP contribution < -0.4 is 10.1 Å². The number of nitro benzene ring substituents is 1. The Morgan fingerprint density at radius 2 is 1.96 bits per heavy atom. The van der Waals surface area contributed by atoms with E-state index >= 15 is 0 Å². The zero-order valence-corrected chi connectivity index (χ0v) is 14.6. The molecule has 3 aromatic rings. The van der Waals surface area contributed by atoms with Crippen molar-refractivity contribution in [2.45, 2.75) is 6.92 Å². The topological polar surface area (TPSA) is 77.3 Å². The number of hydrogen-bond acceptors (Lipinski definition) is 5. The van der Waals surface area contributed by atoms with Gasteiger partial charge in [-0.05, 0) is 35.0 Å². The second-order valence-corrected chi connectivity index (χ2v) is 5.93. The molecule has 7 heteroatoms. The number of fused-ring (bicyclic) bond motifs is 1. The van der Waals surface area contributed by atoms with Crippen molar-refractivity contribution in [2.24, 2.45) is 0 Å². The number of pyridine rings is 1. The number of anilines is 2. The Hall–Kier alpha value is -2.67. The number of para-hydroxylation sites is 2. The van der Waals surface area contributed by atoms with Gasteiger partial charge in [0.25, 0.3) is 5.69 Å². The molecule has 1 heterocycles. The number of nitrogens with one attached hydrogen (secondary N) is 1. The van der Waals surface area contributed by atoms with Crippen molar-refractivity contribution in [3.8, 4) is 5.75 Å². The smallest absolute Gasteiger partial charge is 0.278 e. The summed E-state index contributed by atoms with van der Waals surface area (Å²) in [6.07, 6.45) is 0. The third kappa shape index (κ3) is 2.78. The van der Waals surface area contributed by atoms with E-state index in [-0.39, 0.29) is 10.6 Å². The van der Waals surface area contributed by atoms with Gasteiger partial charge in [-0.1, -0.05) is 24.3 Å². The number of hydrogen-bond donors (Lipinski definition) is 1. The zero-order chi connectivity index (χ0) is 17.3. The number of rotatable bonds is 4. The second-order valence-electron chi connectivity index (χ2n) is 5.14. The molecule has 0 aliphatic rings. The molecule has 122 valence electrons. The minimum absolute atomic E-state index is 0.0351. The van der Waals surface area contributed by atoms with Crippen molar-refractivity contribution in [3.63, 3.8) is 0 Å². The minimum Gasteiger partial charge on any atom is -0.495 e. The van der Waals surface area contributed by atoms with Gasteiger partial charge < -0.3 is 10.1 Å². The monoisotopic (exact) mass is 387 g/mol. The highest BCUT2D eigenvalue weighted by atomic mass is 79.9. The van der Waals surface area contributed by atoms with E-state index in [1.54, 1.807) is 26.2 Å². The molecule has 0 saturated heterocycles. The molecule has 0 bridgehead atoms. The number of aryl methyl sites for hydroxylation is 1. The van der Waals surface area contributed by atoms with Gasteiger partial charge in [-0.25, -0.2) is 4.98 Å². The van der Waals surface area contributed by atoms with Crippen LogP contribution in [0.2, 0.25) is 0 Å². The first-order valence-electron chi connectivity index (χ1n) is 7.16. The Morgan fingerprint density at radius 3 is 2.67 bits per heavy atom. The molecule has 0 fully saturated rings. The molecule has 0 unspecified atom stereocenters. The van der Waals surface area contributed by atoms with E-state index in [0.29, 0.717) is 32.5 Å². The van der Waals surface area contributed by atoms with Crippen LogP contribution in [-0.2, 0) is 0 Å². The van der Waals surface area contributed by atoms with E-state index in [4.69, 9.17) is 4.74 Å². The average molecular weight is 388 g/mol. The number of methoxy groups -OCH3 is 1. The molecule has 24 heavy (non-hydrogen) atoms. The van der Waals surface area contributed by atoms with Gasteiger partial charge in [-0.2, -0.15) is 0 Å². The van der Waals surface area contributed by atoms with Crippen LogP contribution in [0, 0.1) is 17.0 Å². The Balaban J connectivity index is 2.24. The molecule has 0 aliphatic heterocycles. The van der Waals surface area contributed by atoms with Crippen LogP contribution in [0.3, 0.4) is 0 Å². The van der Waals surface area contributed by atoms with E-state index in [0.717, 1.165) is 5.69 Å². The summed E-state index contributed by atoms with van der Waals surface area (Å²) in [5.41, 5.74) is 1.43. The van der Waals surface area contributed by atoms with Gasteiger partial charge in [0.05, 0.1) is 33.3 Å². The summed E-state index contributed by atoms with van der Waals surface area (Å²) in [7, 11) is 1.59. The molecule has 0 aliphatic carbocycles. The summed E-state index contributed by atoms with van der Waals surface area (Å²) in [5, 5.41) is 15.8. The molecule has 1 aromatic heterocycles. The van der Waals surface area contributed by atoms with Crippen molar-refractivity contribution in [2.75, 3.05) is 12.4 Å². The van der Waals surface area contributed by atoms with E-state index in [2.05, 4.69) is 26.2 Å². The van der Waals surface area contributed by atoms with Crippen molar-refractivity contribution in [3.05, 3.63) is 62.7 Å². The third-order valence-electron chi connectivity index (χ3n) is 3.67. The van der Waals surface area contributed by atoms with Gasteiger partial charge in [0.2, 0.25) is 0 Å². The first kappa shape index (κ1) is 16.2. The Kier molecular flexibility index (Phi) is 4.35. The van der Waals surface area contributed by atoms with Crippen LogP contribution in [0.15, 0.2) is 46.9 Å². The Labute approximate surface area is 146 Å². The number of ether oxygens (including phenoxy) is 1. The van der Waals surface area contributed by atoms with Gasteiger partial charge in [0, 0.05) is 11.5 Å². The van der Waals surface area contributed by atoms with Gasteiger partial charge in [0.15, 0.2) is 0 Å². The molecule has 2 aromatic carbocycles. The lowest BCUT2D eigenvalue weighted by atomic mass is 10.1. The number of nitro groups is 1. The molecule has 0 saturated carbocycles. The fourth-order valence-electron chi connectivity index (χ4n) is 2.55. The maximum atomic E-state index is 11.4. The predicted octanol–water partition coefficient (Wildman–Crippen LogP) is 4.97. The SMILES string of the molecule is COc1ccccc1Nc1nc(C)c(Br)c2c([N+](=O)[O-])cccc12. The van der Waals surface area contributed by atoms with Gasteiger partial charge in [-0.3, -0.25) is 10.1 Å². The standard InChI is InChI=1S/C17H14BrN3O3/c1-10-16(18)15-11(6-5-8-13(15)21(22)23)17(19-10)20-12-7-3-4-9-14(12)24-2/h3-9H,1-2H3,(H,19,20). The van der Waals surface area contributed by atoms with E-state index in [1.165, 1.54) is 6.07 Å². The molecule has 6 nitrogen and oxygen atoms in total. The summed E-state index contributed by atoms with van der Waals surface area (Å²) in [4.78, 5) is 15.5.